The summed E-state index contributed by atoms with van der Waals surface area (Å²) in [6.07, 6.45) is 0.702. The summed E-state index contributed by atoms with van der Waals surface area (Å²) in [6, 6.07) is 34.7. The lowest BCUT2D eigenvalue weighted by Crippen LogP contribution is -2.19. The number of rotatable bonds is 4. The molecule has 0 radical (unpaired) electrons. The number of anilines is 1. The van der Waals surface area contributed by atoms with Crippen LogP contribution in [-0.4, -0.2) is 20.7 Å². The molecule has 1 atom stereocenters. The molecule has 6 heteroatoms. The highest BCUT2D eigenvalue weighted by Crippen LogP contribution is 2.40. The molecule has 36 heavy (non-hydrogen) atoms. The van der Waals surface area contributed by atoms with Gasteiger partial charge in [0.2, 0.25) is 0 Å². The third-order valence-electron chi connectivity index (χ3n) is 6.77. The van der Waals surface area contributed by atoms with Crippen LogP contribution in [-0.2, 0) is 0 Å². The number of H-pyrrole nitrogens is 2. The molecule has 0 saturated carbocycles. The van der Waals surface area contributed by atoms with Crippen molar-refractivity contribution in [3.63, 3.8) is 0 Å². The van der Waals surface area contributed by atoms with Crippen LogP contribution in [0.4, 0.5) is 5.69 Å². The minimum Gasteiger partial charge on any atom is -0.354 e. The Bertz CT molecular complexity index is 1700. The monoisotopic (exact) mass is 487 g/mol. The molecule has 7 rings (SSSR count). The molecule has 0 saturated heterocycles. The van der Waals surface area contributed by atoms with Gasteiger partial charge in [0.15, 0.2) is 0 Å². The normalized spacial score (nSPS) is 15.6. The number of hydrogen-bond acceptors (Lipinski definition) is 3. The van der Waals surface area contributed by atoms with Gasteiger partial charge in [-0.05, 0) is 48.0 Å². The summed E-state index contributed by atoms with van der Waals surface area (Å²) < 4.78 is 0. The maximum Gasteiger partial charge on any atom is 0.132 e. The van der Waals surface area contributed by atoms with Crippen LogP contribution in [0.15, 0.2) is 108 Å². The topological polar surface area (TPSA) is 60.1 Å². The maximum atomic E-state index is 6.47. The van der Waals surface area contributed by atoms with E-state index in [2.05, 4.69) is 57.4 Å². The number of hydrazone groups is 1. The second-order valence-electron chi connectivity index (χ2n) is 9.02. The molecule has 0 fully saturated rings. The van der Waals surface area contributed by atoms with E-state index in [1.165, 1.54) is 0 Å². The van der Waals surface area contributed by atoms with Crippen molar-refractivity contribution in [2.24, 2.45) is 5.10 Å². The van der Waals surface area contributed by atoms with Crippen molar-refractivity contribution in [1.29, 1.82) is 0 Å². The van der Waals surface area contributed by atoms with Crippen LogP contribution in [0.25, 0.3) is 33.2 Å². The fraction of sp³-hybridized carbons (Fsp3) is 0.0667. The number of aromatic nitrogens is 3. The minimum atomic E-state index is -0.0671. The maximum absolute atomic E-state index is 6.47. The van der Waals surface area contributed by atoms with Crippen LogP contribution in [0.1, 0.15) is 23.9 Å². The van der Waals surface area contributed by atoms with Gasteiger partial charge >= 0.3 is 0 Å². The van der Waals surface area contributed by atoms with E-state index in [1.807, 2.05) is 60.7 Å². The van der Waals surface area contributed by atoms with E-state index < -0.39 is 0 Å². The molecule has 1 aliphatic rings. The van der Waals surface area contributed by atoms with E-state index in [0.717, 1.165) is 56.0 Å². The van der Waals surface area contributed by atoms with Crippen molar-refractivity contribution in [3.05, 3.63) is 120 Å². The first-order valence-electron chi connectivity index (χ1n) is 12.0. The van der Waals surface area contributed by atoms with Crippen LogP contribution in [0, 0.1) is 0 Å². The van der Waals surface area contributed by atoms with E-state index in [0.29, 0.717) is 11.4 Å². The van der Waals surface area contributed by atoms with Crippen LogP contribution in [0.2, 0.25) is 5.02 Å². The first kappa shape index (κ1) is 21.0. The molecule has 0 amide bonds. The van der Waals surface area contributed by atoms with Gasteiger partial charge in [-0.1, -0.05) is 72.3 Å². The SMILES string of the molecule is Clc1ccc2[nH]c(-c3ccccc3)c(C3=NN(c4ccccc4)C(c4nc5ccccc5[nH]4)C3)c2c1. The molecular formula is C30H22ClN5. The highest BCUT2D eigenvalue weighted by molar-refractivity contribution is 6.32. The summed E-state index contributed by atoms with van der Waals surface area (Å²) in [5.41, 5.74) is 8.28. The number of hydrogen-bond donors (Lipinski definition) is 2. The molecule has 174 valence electrons. The molecule has 5 nitrogen and oxygen atoms in total. The Morgan fingerprint density at radius 1 is 0.778 bits per heavy atom. The number of benzene rings is 4. The van der Waals surface area contributed by atoms with Crippen molar-refractivity contribution in [3.8, 4) is 11.3 Å². The van der Waals surface area contributed by atoms with Gasteiger partial charge in [0.25, 0.3) is 0 Å². The number of imidazole rings is 1. The zero-order valence-corrected chi connectivity index (χ0v) is 20.1. The number of halogens is 1. The second-order valence-corrected chi connectivity index (χ2v) is 9.45. The highest BCUT2D eigenvalue weighted by Gasteiger charge is 2.34. The molecular weight excluding hydrogens is 466 g/mol. The Balaban J connectivity index is 1.42. The van der Waals surface area contributed by atoms with Gasteiger partial charge in [-0.15, -0.1) is 0 Å². The third kappa shape index (κ3) is 3.48. The fourth-order valence-corrected chi connectivity index (χ4v) is 5.28. The van der Waals surface area contributed by atoms with Gasteiger partial charge in [0.05, 0.1) is 28.1 Å². The average molecular weight is 488 g/mol. The fourth-order valence-electron chi connectivity index (χ4n) is 5.11. The van der Waals surface area contributed by atoms with Crippen molar-refractivity contribution in [2.45, 2.75) is 12.5 Å². The zero-order chi connectivity index (χ0) is 24.1. The van der Waals surface area contributed by atoms with Crippen molar-refractivity contribution >= 4 is 44.9 Å². The van der Waals surface area contributed by atoms with Gasteiger partial charge in [0.1, 0.15) is 11.9 Å². The Labute approximate surface area is 213 Å². The first-order chi connectivity index (χ1) is 17.7. The Hall–Kier alpha value is -4.35. The van der Waals surface area contributed by atoms with E-state index in [9.17, 15) is 0 Å². The minimum absolute atomic E-state index is 0.0671. The van der Waals surface area contributed by atoms with Crippen molar-refractivity contribution in [2.75, 3.05) is 5.01 Å². The number of nitrogens with one attached hydrogen (secondary N) is 2. The van der Waals surface area contributed by atoms with Gasteiger partial charge in [0, 0.05) is 27.9 Å². The summed E-state index contributed by atoms with van der Waals surface area (Å²) in [4.78, 5) is 12.1. The molecule has 0 aliphatic carbocycles. The molecule has 1 aliphatic heterocycles. The third-order valence-corrected chi connectivity index (χ3v) is 7.00. The lowest BCUT2D eigenvalue weighted by molar-refractivity contribution is 0.671. The van der Waals surface area contributed by atoms with E-state index in [-0.39, 0.29) is 6.04 Å². The summed E-state index contributed by atoms with van der Waals surface area (Å²) in [6.45, 7) is 0. The molecule has 0 spiro atoms. The quantitative estimate of drug-likeness (QED) is 0.267. The van der Waals surface area contributed by atoms with Crippen LogP contribution in [0.5, 0.6) is 0 Å². The Morgan fingerprint density at radius 2 is 1.53 bits per heavy atom. The lowest BCUT2D eigenvalue weighted by Gasteiger charge is -2.21. The standard InChI is InChI=1S/C30H22ClN5/c31-20-15-16-23-22(17-20)28(29(32-23)19-9-3-1-4-10-19)26-18-27(36(35-26)21-11-5-2-6-12-21)30-33-24-13-7-8-14-25(24)34-30/h1-17,27,32H,18H2,(H,33,34). The van der Waals surface area contributed by atoms with Gasteiger partial charge in [-0.25, -0.2) is 4.98 Å². The summed E-state index contributed by atoms with van der Waals surface area (Å²) in [7, 11) is 0. The average Bonchev–Trinajstić information content (AvgIpc) is 3.64. The van der Waals surface area contributed by atoms with Crippen molar-refractivity contribution in [1.82, 2.24) is 15.0 Å². The number of nitrogens with zero attached hydrogens (tertiary/aromatic N) is 3. The second kappa shape index (κ2) is 8.40. The first-order valence-corrected chi connectivity index (χ1v) is 12.4. The Kier molecular flexibility index (Phi) is 4.89. The molecule has 1 unspecified atom stereocenters. The molecule has 0 bridgehead atoms. The van der Waals surface area contributed by atoms with Gasteiger partial charge < -0.3 is 9.97 Å². The van der Waals surface area contributed by atoms with E-state index in [1.54, 1.807) is 0 Å². The van der Waals surface area contributed by atoms with E-state index >= 15 is 0 Å². The summed E-state index contributed by atoms with van der Waals surface area (Å²) in [5.74, 6) is 0.901. The van der Waals surface area contributed by atoms with Crippen LogP contribution >= 0.6 is 11.6 Å². The largest absolute Gasteiger partial charge is 0.354 e. The Morgan fingerprint density at radius 3 is 2.33 bits per heavy atom. The molecule has 6 aromatic rings. The van der Waals surface area contributed by atoms with Crippen molar-refractivity contribution < 1.29 is 0 Å². The summed E-state index contributed by atoms with van der Waals surface area (Å²) >= 11 is 6.47. The lowest BCUT2D eigenvalue weighted by atomic mass is 9.97. The summed E-state index contributed by atoms with van der Waals surface area (Å²) in [5, 5.41) is 9.08. The smallest absolute Gasteiger partial charge is 0.132 e. The predicted molar refractivity (Wildman–Crippen MR) is 148 cm³/mol. The highest BCUT2D eigenvalue weighted by atomic mass is 35.5. The molecule has 3 heterocycles. The van der Waals surface area contributed by atoms with E-state index in [4.69, 9.17) is 21.7 Å². The van der Waals surface area contributed by atoms with Gasteiger partial charge in [-0.3, -0.25) is 5.01 Å². The number of fused-ring (bicyclic) bond motifs is 2. The zero-order valence-electron chi connectivity index (χ0n) is 19.3. The van der Waals surface area contributed by atoms with Crippen LogP contribution in [0.3, 0.4) is 0 Å². The molecule has 2 aromatic heterocycles. The molecule has 4 aromatic carbocycles. The number of aromatic amines is 2. The number of para-hydroxylation sites is 3. The van der Waals surface area contributed by atoms with Gasteiger partial charge in [-0.2, -0.15) is 5.10 Å². The molecule has 2 N–H and O–H groups in total. The van der Waals surface area contributed by atoms with Crippen LogP contribution < -0.4 is 5.01 Å². The predicted octanol–water partition coefficient (Wildman–Crippen LogP) is 7.72.